The average Bonchev–Trinajstić information content (AvgIpc) is 2.72. The Balaban J connectivity index is 2.48. The van der Waals surface area contributed by atoms with Crippen LogP contribution in [0.5, 0.6) is 0 Å². The largest absolute Gasteiger partial charge is 0.481 e. The molecule has 1 fully saturated rings. The van der Waals surface area contributed by atoms with Crippen LogP contribution < -0.4 is 5.32 Å². The van der Waals surface area contributed by atoms with Gasteiger partial charge in [0, 0.05) is 20.5 Å². The summed E-state index contributed by atoms with van der Waals surface area (Å²) in [6.45, 7) is -0.0328. The van der Waals surface area contributed by atoms with E-state index < -0.39 is 11.4 Å². The van der Waals surface area contributed by atoms with Gasteiger partial charge in [0.1, 0.15) is 0 Å². The first-order valence-corrected chi connectivity index (χ1v) is 6.53. The van der Waals surface area contributed by atoms with Gasteiger partial charge >= 0.3 is 5.97 Å². The van der Waals surface area contributed by atoms with Crippen LogP contribution in [0.15, 0.2) is 0 Å². The van der Waals surface area contributed by atoms with E-state index in [9.17, 15) is 14.4 Å². The van der Waals surface area contributed by atoms with Crippen LogP contribution in [0.1, 0.15) is 38.5 Å². The van der Waals surface area contributed by atoms with Crippen molar-refractivity contribution >= 4 is 17.8 Å². The smallest absolute Gasteiger partial charge is 0.303 e. The summed E-state index contributed by atoms with van der Waals surface area (Å²) in [6, 6.07) is 0. The molecule has 0 aromatic rings. The number of likely N-dealkylation sites (N-methyl/N-ethyl adjacent to an activating group) is 1. The highest BCUT2D eigenvalue weighted by Gasteiger charge is 2.37. The first kappa shape index (κ1) is 15.5. The first-order valence-electron chi connectivity index (χ1n) is 6.53. The third-order valence-corrected chi connectivity index (χ3v) is 3.66. The third-order valence-electron chi connectivity index (χ3n) is 3.66. The van der Waals surface area contributed by atoms with E-state index in [-0.39, 0.29) is 31.2 Å². The minimum absolute atomic E-state index is 0.0298. The van der Waals surface area contributed by atoms with Crippen molar-refractivity contribution in [2.24, 2.45) is 5.41 Å². The number of nitrogens with one attached hydrogen (secondary N) is 1. The SMILES string of the molecule is CN(C)C(=O)CNC(=O)CC1(CC(=O)O)CCCC1. The number of nitrogens with zero attached hydrogens (tertiary/aromatic N) is 1. The van der Waals surface area contributed by atoms with Crippen LogP contribution in [0.4, 0.5) is 0 Å². The van der Waals surface area contributed by atoms with E-state index in [2.05, 4.69) is 5.32 Å². The number of carbonyl (C=O) groups is 3. The van der Waals surface area contributed by atoms with Crippen LogP contribution in [0.25, 0.3) is 0 Å². The van der Waals surface area contributed by atoms with E-state index in [1.165, 1.54) is 4.90 Å². The summed E-state index contributed by atoms with van der Waals surface area (Å²) >= 11 is 0. The summed E-state index contributed by atoms with van der Waals surface area (Å²) in [7, 11) is 3.24. The Morgan fingerprint density at radius 2 is 1.74 bits per heavy atom. The van der Waals surface area contributed by atoms with Gasteiger partial charge in [-0.05, 0) is 18.3 Å². The maximum Gasteiger partial charge on any atom is 0.303 e. The topological polar surface area (TPSA) is 86.7 Å². The fourth-order valence-corrected chi connectivity index (χ4v) is 2.60. The lowest BCUT2D eigenvalue weighted by Gasteiger charge is -2.26. The van der Waals surface area contributed by atoms with E-state index in [0.717, 1.165) is 25.7 Å². The molecular weight excluding hydrogens is 248 g/mol. The van der Waals surface area contributed by atoms with Crippen molar-refractivity contribution in [2.45, 2.75) is 38.5 Å². The van der Waals surface area contributed by atoms with Crippen LogP contribution in [-0.4, -0.2) is 48.4 Å². The standard InChI is InChI=1S/C13H22N2O4/c1-15(2)11(17)9-14-10(16)7-13(8-12(18)19)5-3-4-6-13/h3-9H2,1-2H3,(H,14,16)(H,18,19). The zero-order chi connectivity index (χ0) is 14.5. The number of carboxylic acids is 1. The van der Waals surface area contributed by atoms with E-state index >= 15 is 0 Å². The Morgan fingerprint density at radius 1 is 1.16 bits per heavy atom. The van der Waals surface area contributed by atoms with Crippen LogP contribution >= 0.6 is 0 Å². The van der Waals surface area contributed by atoms with Crippen molar-refractivity contribution in [3.63, 3.8) is 0 Å². The van der Waals surface area contributed by atoms with Gasteiger partial charge in [0.15, 0.2) is 0 Å². The zero-order valence-corrected chi connectivity index (χ0v) is 11.6. The van der Waals surface area contributed by atoms with Crippen LogP contribution in [-0.2, 0) is 14.4 Å². The minimum Gasteiger partial charge on any atom is -0.481 e. The highest BCUT2D eigenvalue weighted by atomic mass is 16.4. The maximum absolute atomic E-state index is 11.8. The van der Waals surface area contributed by atoms with Crippen molar-refractivity contribution in [3.8, 4) is 0 Å². The van der Waals surface area contributed by atoms with E-state index in [0.29, 0.717) is 0 Å². The monoisotopic (exact) mass is 270 g/mol. The van der Waals surface area contributed by atoms with Gasteiger partial charge in [-0.1, -0.05) is 12.8 Å². The van der Waals surface area contributed by atoms with Gasteiger partial charge in [-0.15, -0.1) is 0 Å². The quantitative estimate of drug-likeness (QED) is 0.740. The summed E-state index contributed by atoms with van der Waals surface area (Å²) in [5.41, 5.74) is -0.420. The molecule has 0 aliphatic heterocycles. The summed E-state index contributed by atoms with van der Waals surface area (Å²) in [4.78, 5) is 35.5. The number of carboxylic acid groups (broad SMARTS) is 1. The van der Waals surface area contributed by atoms with Gasteiger partial charge in [-0.3, -0.25) is 14.4 Å². The van der Waals surface area contributed by atoms with Crippen LogP contribution in [0.2, 0.25) is 0 Å². The fraction of sp³-hybridized carbons (Fsp3) is 0.769. The number of rotatable bonds is 6. The summed E-state index contributed by atoms with van der Waals surface area (Å²) < 4.78 is 0. The number of hydrogen-bond donors (Lipinski definition) is 2. The number of amides is 2. The number of aliphatic carboxylic acids is 1. The van der Waals surface area contributed by atoms with Gasteiger partial charge in [-0.25, -0.2) is 0 Å². The maximum atomic E-state index is 11.8. The van der Waals surface area contributed by atoms with Gasteiger partial charge in [-0.2, -0.15) is 0 Å². The molecule has 0 unspecified atom stereocenters. The number of hydrogen-bond acceptors (Lipinski definition) is 3. The van der Waals surface area contributed by atoms with Crippen molar-refractivity contribution in [2.75, 3.05) is 20.6 Å². The predicted molar refractivity (Wildman–Crippen MR) is 69.5 cm³/mol. The second-order valence-corrected chi connectivity index (χ2v) is 5.52. The Bertz CT molecular complexity index is 360. The molecule has 1 saturated carbocycles. The molecule has 108 valence electrons. The van der Waals surface area contributed by atoms with Gasteiger partial charge in [0.05, 0.1) is 13.0 Å². The second kappa shape index (κ2) is 6.54. The summed E-state index contributed by atoms with van der Waals surface area (Å²) in [5, 5.41) is 11.5. The van der Waals surface area contributed by atoms with Gasteiger partial charge in [0.2, 0.25) is 11.8 Å². The highest BCUT2D eigenvalue weighted by molar-refractivity contribution is 5.85. The molecule has 19 heavy (non-hydrogen) atoms. The normalized spacial score (nSPS) is 16.9. The molecule has 6 heteroatoms. The summed E-state index contributed by atoms with van der Waals surface area (Å²) in [5.74, 6) is -1.27. The molecule has 1 rings (SSSR count). The Hall–Kier alpha value is -1.59. The fourth-order valence-electron chi connectivity index (χ4n) is 2.60. The Kier molecular flexibility index (Phi) is 5.32. The average molecular weight is 270 g/mol. The molecule has 2 amide bonds. The zero-order valence-electron chi connectivity index (χ0n) is 11.6. The van der Waals surface area contributed by atoms with E-state index in [1.54, 1.807) is 14.1 Å². The molecule has 1 aliphatic rings. The van der Waals surface area contributed by atoms with Crippen molar-refractivity contribution in [1.29, 1.82) is 0 Å². The highest BCUT2D eigenvalue weighted by Crippen LogP contribution is 2.43. The van der Waals surface area contributed by atoms with Crippen molar-refractivity contribution < 1.29 is 19.5 Å². The molecule has 6 nitrogen and oxygen atoms in total. The lowest BCUT2D eigenvalue weighted by Crippen LogP contribution is -2.38. The number of carbonyl (C=O) groups excluding carboxylic acids is 2. The predicted octanol–water partition coefficient (Wildman–Crippen LogP) is 0.616. The molecule has 1 aliphatic carbocycles. The molecular formula is C13H22N2O4. The molecule has 0 atom stereocenters. The molecule has 0 aromatic heterocycles. The van der Waals surface area contributed by atoms with E-state index in [1.807, 2.05) is 0 Å². The first-order chi connectivity index (χ1) is 8.84. The van der Waals surface area contributed by atoms with Crippen LogP contribution in [0, 0.1) is 5.41 Å². The molecule has 0 heterocycles. The summed E-state index contributed by atoms with van der Waals surface area (Å²) in [6.07, 6.45) is 3.71. The minimum atomic E-state index is -0.862. The molecule has 0 spiro atoms. The molecule has 0 bridgehead atoms. The molecule has 2 N–H and O–H groups in total. The lowest BCUT2D eigenvalue weighted by atomic mass is 9.79. The van der Waals surface area contributed by atoms with Crippen LogP contribution in [0.3, 0.4) is 0 Å². The lowest BCUT2D eigenvalue weighted by molar-refractivity contribution is -0.140. The Morgan fingerprint density at radius 3 is 2.21 bits per heavy atom. The van der Waals surface area contributed by atoms with Crippen molar-refractivity contribution in [1.82, 2.24) is 10.2 Å². The van der Waals surface area contributed by atoms with Crippen molar-refractivity contribution in [3.05, 3.63) is 0 Å². The van der Waals surface area contributed by atoms with Gasteiger partial charge < -0.3 is 15.3 Å². The van der Waals surface area contributed by atoms with Gasteiger partial charge in [0.25, 0.3) is 0 Å². The second-order valence-electron chi connectivity index (χ2n) is 5.52. The molecule has 0 aromatic carbocycles. The molecule has 0 saturated heterocycles. The third kappa shape index (κ3) is 4.89. The Labute approximate surface area is 113 Å². The molecule has 0 radical (unpaired) electrons. The van der Waals surface area contributed by atoms with E-state index in [4.69, 9.17) is 5.11 Å².